The Hall–Kier alpha value is -1.06. The molecule has 0 saturated heterocycles. The van der Waals surface area contributed by atoms with Crippen LogP contribution in [0.2, 0.25) is 0 Å². The zero-order valence-corrected chi connectivity index (χ0v) is 12.0. The molecule has 1 aromatic carbocycles. The van der Waals surface area contributed by atoms with Gasteiger partial charge in [-0.3, -0.25) is 0 Å². The Balaban J connectivity index is 3.03. The van der Waals surface area contributed by atoms with Gasteiger partial charge in [0.15, 0.2) is 0 Å². The summed E-state index contributed by atoms with van der Waals surface area (Å²) < 4.78 is 5.22. The van der Waals surface area contributed by atoms with Gasteiger partial charge in [0.2, 0.25) is 0 Å². The van der Waals surface area contributed by atoms with Crippen LogP contribution in [0.5, 0.6) is 0 Å². The molecule has 0 aliphatic rings. The second-order valence-corrected chi connectivity index (χ2v) is 4.79. The summed E-state index contributed by atoms with van der Waals surface area (Å²) in [6.45, 7) is 8.11. The summed E-state index contributed by atoms with van der Waals surface area (Å²) in [7, 11) is 1.74. The van der Waals surface area contributed by atoms with Gasteiger partial charge in [0.05, 0.1) is 6.61 Å². The molecule has 0 heterocycles. The van der Waals surface area contributed by atoms with Gasteiger partial charge in [0, 0.05) is 31.4 Å². The number of hydrogen-bond acceptors (Lipinski definition) is 3. The first-order valence-corrected chi connectivity index (χ1v) is 6.71. The summed E-state index contributed by atoms with van der Waals surface area (Å²) in [4.78, 5) is 2.39. The minimum Gasteiger partial charge on any atom is -0.383 e. The van der Waals surface area contributed by atoms with E-state index in [1.807, 2.05) is 13.0 Å². The van der Waals surface area contributed by atoms with Crippen LogP contribution in [0, 0.1) is 0 Å². The highest BCUT2D eigenvalue weighted by molar-refractivity contribution is 5.55. The molecule has 0 amide bonds. The fraction of sp³-hybridized carbons (Fsp3) is 0.600. The summed E-state index contributed by atoms with van der Waals surface area (Å²) in [6.07, 6.45) is 1.11. The minimum atomic E-state index is 0.0512. The zero-order valence-electron chi connectivity index (χ0n) is 12.0. The van der Waals surface area contributed by atoms with E-state index in [-0.39, 0.29) is 6.04 Å². The number of ether oxygens (including phenoxy) is 1. The van der Waals surface area contributed by atoms with Crippen molar-refractivity contribution in [2.45, 2.75) is 39.3 Å². The van der Waals surface area contributed by atoms with Gasteiger partial charge in [-0.25, -0.2) is 0 Å². The molecule has 102 valence electrons. The van der Waals surface area contributed by atoms with Crippen molar-refractivity contribution in [3.8, 4) is 0 Å². The third kappa shape index (κ3) is 3.72. The molecular formula is C15H26N2O. The van der Waals surface area contributed by atoms with Gasteiger partial charge in [0.25, 0.3) is 0 Å². The maximum atomic E-state index is 6.06. The normalized spacial score (nSPS) is 14.3. The first-order chi connectivity index (χ1) is 8.61. The van der Waals surface area contributed by atoms with Crippen molar-refractivity contribution in [2.24, 2.45) is 5.73 Å². The third-order valence-electron chi connectivity index (χ3n) is 3.40. The first-order valence-electron chi connectivity index (χ1n) is 6.71. The minimum absolute atomic E-state index is 0.0512. The van der Waals surface area contributed by atoms with Crippen molar-refractivity contribution < 1.29 is 4.74 Å². The van der Waals surface area contributed by atoms with E-state index >= 15 is 0 Å². The highest BCUT2D eigenvalue weighted by atomic mass is 16.5. The SMILES string of the molecule is CCC(C)N(CCOC)c1ccccc1[C@@H](C)N. The molecule has 1 rings (SSSR count). The standard InChI is InChI=1S/C15H26N2O/c1-5-12(2)17(10-11-18-4)15-9-7-6-8-14(15)13(3)16/h6-9,12-13H,5,10-11,16H2,1-4H3/t12?,13-/m1/s1. The molecule has 3 heteroatoms. The topological polar surface area (TPSA) is 38.5 Å². The average molecular weight is 250 g/mol. The lowest BCUT2D eigenvalue weighted by molar-refractivity contribution is 0.203. The molecule has 1 unspecified atom stereocenters. The van der Waals surface area contributed by atoms with Crippen molar-refractivity contribution >= 4 is 5.69 Å². The van der Waals surface area contributed by atoms with Crippen LogP contribution in [-0.4, -0.2) is 26.3 Å². The number of hydrogen-bond donors (Lipinski definition) is 1. The van der Waals surface area contributed by atoms with Gasteiger partial charge in [-0.1, -0.05) is 25.1 Å². The summed E-state index contributed by atoms with van der Waals surface area (Å²) in [5, 5.41) is 0. The summed E-state index contributed by atoms with van der Waals surface area (Å²) in [5.74, 6) is 0. The monoisotopic (exact) mass is 250 g/mol. The molecule has 3 nitrogen and oxygen atoms in total. The lowest BCUT2D eigenvalue weighted by Gasteiger charge is -2.33. The number of rotatable bonds is 7. The number of nitrogens with zero attached hydrogens (tertiary/aromatic N) is 1. The second kappa shape index (κ2) is 7.39. The van der Waals surface area contributed by atoms with E-state index in [0.29, 0.717) is 6.04 Å². The molecule has 0 aliphatic carbocycles. The molecule has 0 bridgehead atoms. The van der Waals surface area contributed by atoms with Gasteiger partial charge in [-0.15, -0.1) is 0 Å². The van der Waals surface area contributed by atoms with Crippen molar-refractivity contribution in [3.05, 3.63) is 29.8 Å². The molecule has 1 aromatic rings. The first kappa shape index (κ1) is 15.0. The van der Waals surface area contributed by atoms with Crippen molar-refractivity contribution in [2.75, 3.05) is 25.2 Å². The van der Waals surface area contributed by atoms with E-state index in [1.54, 1.807) is 7.11 Å². The Kier molecular flexibility index (Phi) is 6.16. The van der Waals surface area contributed by atoms with Crippen molar-refractivity contribution in [3.63, 3.8) is 0 Å². The van der Waals surface area contributed by atoms with Crippen LogP contribution in [-0.2, 0) is 4.74 Å². The van der Waals surface area contributed by atoms with Crippen molar-refractivity contribution in [1.82, 2.24) is 0 Å². The zero-order chi connectivity index (χ0) is 13.5. The van der Waals surface area contributed by atoms with E-state index in [4.69, 9.17) is 10.5 Å². The molecule has 2 atom stereocenters. The van der Waals surface area contributed by atoms with Gasteiger partial charge >= 0.3 is 0 Å². The van der Waals surface area contributed by atoms with E-state index < -0.39 is 0 Å². The molecule has 0 saturated carbocycles. The Morgan fingerprint density at radius 3 is 2.50 bits per heavy atom. The number of methoxy groups -OCH3 is 1. The smallest absolute Gasteiger partial charge is 0.0637 e. The maximum absolute atomic E-state index is 6.06. The number of nitrogens with two attached hydrogens (primary N) is 1. The average Bonchev–Trinajstić information content (AvgIpc) is 2.39. The summed E-state index contributed by atoms with van der Waals surface area (Å²) in [6, 6.07) is 8.93. The molecule has 0 fully saturated rings. The molecule has 18 heavy (non-hydrogen) atoms. The van der Waals surface area contributed by atoms with E-state index in [1.165, 1.54) is 11.3 Å². The quantitative estimate of drug-likeness (QED) is 0.808. The van der Waals surface area contributed by atoms with E-state index in [2.05, 4.69) is 36.9 Å². The van der Waals surface area contributed by atoms with Gasteiger partial charge in [-0.2, -0.15) is 0 Å². The van der Waals surface area contributed by atoms with Crippen LogP contribution in [0.25, 0.3) is 0 Å². The molecular weight excluding hydrogens is 224 g/mol. The van der Waals surface area contributed by atoms with Crippen LogP contribution in [0.3, 0.4) is 0 Å². The number of benzene rings is 1. The highest BCUT2D eigenvalue weighted by Crippen LogP contribution is 2.27. The van der Waals surface area contributed by atoms with Crippen LogP contribution < -0.4 is 10.6 Å². The molecule has 0 radical (unpaired) electrons. The Morgan fingerprint density at radius 1 is 1.28 bits per heavy atom. The lowest BCUT2D eigenvalue weighted by Crippen LogP contribution is -2.36. The van der Waals surface area contributed by atoms with Gasteiger partial charge in [0.1, 0.15) is 0 Å². The van der Waals surface area contributed by atoms with E-state index in [0.717, 1.165) is 19.6 Å². The van der Waals surface area contributed by atoms with Crippen molar-refractivity contribution in [1.29, 1.82) is 0 Å². The predicted octanol–water partition coefficient (Wildman–Crippen LogP) is 2.96. The fourth-order valence-electron chi connectivity index (χ4n) is 2.12. The van der Waals surface area contributed by atoms with Crippen LogP contribution in [0.15, 0.2) is 24.3 Å². The molecule has 0 aliphatic heterocycles. The van der Waals surface area contributed by atoms with E-state index in [9.17, 15) is 0 Å². The Labute approximate surface area is 111 Å². The fourth-order valence-corrected chi connectivity index (χ4v) is 2.12. The maximum Gasteiger partial charge on any atom is 0.0637 e. The molecule has 0 spiro atoms. The summed E-state index contributed by atoms with van der Waals surface area (Å²) in [5.41, 5.74) is 8.50. The Morgan fingerprint density at radius 2 is 1.94 bits per heavy atom. The third-order valence-corrected chi connectivity index (χ3v) is 3.40. The van der Waals surface area contributed by atoms with Gasteiger partial charge < -0.3 is 15.4 Å². The number of anilines is 1. The lowest BCUT2D eigenvalue weighted by atomic mass is 10.0. The highest BCUT2D eigenvalue weighted by Gasteiger charge is 2.17. The van der Waals surface area contributed by atoms with Crippen LogP contribution >= 0.6 is 0 Å². The predicted molar refractivity (Wildman–Crippen MR) is 78.0 cm³/mol. The molecule has 2 N–H and O–H groups in total. The molecule has 0 aromatic heterocycles. The second-order valence-electron chi connectivity index (χ2n) is 4.79. The number of para-hydroxylation sites is 1. The van der Waals surface area contributed by atoms with Gasteiger partial charge in [-0.05, 0) is 31.9 Å². The van der Waals surface area contributed by atoms with Crippen LogP contribution in [0.1, 0.15) is 38.8 Å². The van der Waals surface area contributed by atoms with Crippen LogP contribution in [0.4, 0.5) is 5.69 Å². The Bertz CT molecular complexity index is 352. The summed E-state index contributed by atoms with van der Waals surface area (Å²) >= 11 is 0. The largest absolute Gasteiger partial charge is 0.383 e.